The van der Waals surface area contributed by atoms with E-state index < -0.39 is 6.09 Å². The molecule has 5 nitrogen and oxygen atoms in total. The third kappa shape index (κ3) is 13.8. The number of nitrogens with one attached hydrogen (secondary N) is 1. The number of amides is 1. The van der Waals surface area contributed by atoms with Gasteiger partial charge < -0.3 is 14.8 Å². The molecule has 0 saturated carbocycles. The largest absolute Gasteiger partial charge is 0.466 e. The number of alkyl carbamates (subject to hydrolysis) is 1. The summed E-state index contributed by atoms with van der Waals surface area (Å²) in [5.74, 6) is -0.280. The highest BCUT2D eigenvalue weighted by atomic mass is 16.5. The molecule has 27 heavy (non-hydrogen) atoms. The van der Waals surface area contributed by atoms with Gasteiger partial charge in [-0.25, -0.2) is 4.79 Å². The SMILES string of the molecule is CCCCCCCCCCCOC(=O)CCNC(=O)OCc1ccccc1. The van der Waals surface area contributed by atoms with Crippen LogP contribution in [-0.2, 0) is 20.9 Å². The molecule has 1 N–H and O–H groups in total. The lowest BCUT2D eigenvalue weighted by molar-refractivity contribution is -0.143. The van der Waals surface area contributed by atoms with E-state index in [2.05, 4.69) is 12.2 Å². The van der Waals surface area contributed by atoms with Crippen LogP contribution in [0.25, 0.3) is 0 Å². The first-order valence-corrected chi connectivity index (χ1v) is 10.3. The van der Waals surface area contributed by atoms with Crippen LogP contribution in [0.3, 0.4) is 0 Å². The van der Waals surface area contributed by atoms with Crippen molar-refractivity contribution in [2.45, 2.75) is 77.7 Å². The molecule has 1 amide bonds. The maximum absolute atomic E-state index is 11.6. The van der Waals surface area contributed by atoms with Gasteiger partial charge in [0.05, 0.1) is 13.0 Å². The average Bonchev–Trinajstić information content (AvgIpc) is 2.68. The first-order valence-electron chi connectivity index (χ1n) is 10.3. The van der Waals surface area contributed by atoms with E-state index in [4.69, 9.17) is 9.47 Å². The van der Waals surface area contributed by atoms with E-state index >= 15 is 0 Å². The fraction of sp³-hybridized carbons (Fsp3) is 0.636. The lowest BCUT2D eigenvalue weighted by Gasteiger charge is -2.07. The zero-order valence-corrected chi connectivity index (χ0v) is 16.7. The molecule has 1 aromatic carbocycles. The van der Waals surface area contributed by atoms with E-state index in [0.717, 1.165) is 18.4 Å². The molecule has 0 aliphatic rings. The van der Waals surface area contributed by atoms with Crippen molar-refractivity contribution < 1.29 is 19.1 Å². The van der Waals surface area contributed by atoms with Crippen molar-refractivity contribution in [3.63, 3.8) is 0 Å². The molecular formula is C22H35NO4. The minimum Gasteiger partial charge on any atom is -0.466 e. The molecule has 0 aliphatic heterocycles. The van der Waals surface area contributed by atoms with E-state index in [1.54, 1.807) is 0 Å². The maximum atomic E-state index is 11.6. The number of benzene rings is 1. The van der Waals surface area contributed by atoms with E-state index in [1.165, 1.54) is 44.9 Å². The van der Waals surface area contributed by atoms with Gasteiger partial charge in [-0.15, -0.1) is 0 Å². The first-order chi connectivity index (χ1) is 13.2. The monoisotopic (exact) mass is 377 g/mol. The second-order valence-corrected chi connectivity index (χ2v) is 6.79. The van der Waals surface area contributed by atoms with Crippen molar-refractivity contribution in [1.82, 2.24) is 5.32 Å². The van der Waals surface area contributed by atoms with Gasteiger partial charge >= 0.3 is 12.1 Å². The Labute approximate surface area is 163 Å². The third-order valence-electron chi connectivity index (χ3n) is 4.32. The number of rotatable bonds is 15. The molecule has 0 atom stereocenters. The highest BCUT2D eigenvalue weighted by Gasteiger charge is 2.06. The second-order valence-electron chi connectivity index (χ2n) is 6.79. The van der Waals surface area contributed by atoms with Gasteiger partial charge in [0.2, 0.25) is 0 Å². The smallest absolute Gasteiger partial charge is 0.407 e. The van der Waals surface area contributed by atoms with Crippen molar-refractivity contribution in [3.05, 3.63) is 35.9 Å². The molecule has 1 rings (SSSR count). The molecule has 0 aliphatic carbocycles. The number of esters is 1. The third-order valence-corrected chi connectivity index (χ3v) is 4.32. The number of unbranched alkanes of at least 4 members (excludes halogenated alkanes) is 8. The van der Waals surface area contributed by atoms with Gasteiger partial charge in [-0.2, -0.15) is 0 Å². The Morgan fingerprint density at radius 2 is 1.48 bits per heavy atom. The van der Waals surface area contributed by atoms with Gasteiger partial charge in [0.15, 0.2) is 0 Å². The molecule has 5 heteroatoms. The summed E-state index contributed by atoms with van der Waals surface area (Å²) in [4.78, 5) is 23.2. The summed E-state index contributed by atoms with van der Waals surface area (Å²) in [7, 11) is 0. The molecule has 0 heterocycles. The summed E-state index contributed by atoms with van der Waals surface area (Å²) in [6.45, 7) is 3.14. The summed E-state index contributed by atoms with van der Waals surface area (Å²) in [5, 5.41) is 2.56. The summed E-state index contributed by atoms with van der Waals surface area (Å²) < 4.78 is 10.3. The molecule has 1 aromatic rings. The van der Waals surface area contributed by atoms with Crippen LogP contribution in [-0.4, -0.2) is 25.2 Å². The summed E-state index contributed by atoms with van der Waals surface area (Å²) in [6, 6.07) is 9.46. The van der Waals surface area contributed by atoms with Crippen LogP contribution in [0.4, 0.5) is 4.79 Å². The minimum absolute atomic E-state index is 0.165. The molecule has 0 radical (unpaired) electrons. The average molecular weight is 378 g/mol. The van der Waals surface area contributed by atoms with E-state index in [9.17, 15) is 9.59 Å². The Morgan fingerprint density at radius 1 is 0.852 bits per heavy atom. The lowest BCUT2D eigenvalue weighted by Crippen LogP contribution is -2.27. The van der Waals surface area contributed by atoms with Gasteiger partial charge in [0.1, 0.15) is 6.61 Å². The van der Waals surface area contributed by atoms with Crippen LogP contribution in [0.1, 0.15) is 76.7 Å². The molecule has 152 valence electrons. The van der Waals surface area contributed by atoms with Crippen LogP contribution < -0.4 is 5.32 Å². The van der Waals surface area contributed by atoms with E-state index in [-0.39, 0.29) is 25.5 Å². The van der Waals surface area contributed by atoms with Gasteiger partial charge in [0, 0.05) is 6.54 Å². The Kier molecular flexibility index (Phi) is 13.8. The fourth-order valence-corrected chi connectivity index (χ4v) is 2.71. The van der Waals surface area contributed by atoms with Crippen LogP contribution in [0.5, 0.6) is 0 Å². The topological polar surface area (TPSA) is 64.6 Å². The molecule has 0 fully saturated rings. The number of hydrogen-bond donors (Lipinski definition) is 1. The van der Waals surface area contributed by atoms with Crippen molar-refractivity contribution in [2.24, 2.45) is 0 Å². The molecule has 0 saturated heterocycles. The fourth-order valence-electron chi connectivity index (χ4n) is 2.71. The molecule has 0 aromatic heterocycles. The van der Waals surface area contributed by atoms with Crippen molar-refractivity contribution in [3.8, 4) is 0 Å². The number of ether oxygens (including phenoxy) is 2. The minimum atomic E-state index is -0.523. The predicted octanol–water partition coefficient (Wildman–Crippen LogP) is 5.38. The highest BCUT2D eigenvalue weighted by molar-refractivity contribution is 5.71. The normalized spacial score (nSPS) is 10.4. The Bertz CT molecular complexity index is 504. The molecular weight excluding hydrogens is 342 g/mol. The number of carbonyl (C=O) groups excluding carboxylic acids is 2. The molecule has 0 unspecified atom stereocenters. The Balaban J connectivity index is 1.88. The number of hydrogen-bond acceptors (Lipinski definition) is 4. The zero-order chi connectivity index (χ0) is 19.6. The second kappa shape index (κ2) is 16.2. The van der Waals surface area contributed by atoms with Gasteiger partial charge in [0.25, 0.3) is 0 Å². The van der Waals surface area contributed by atoms with Crippen molar-refractivity contribution >= 4 is 12.1 Å². The standard InChI is InChI=1S/C22H35NO4/c1-2-3-4-5-6-7-8-9-13-18-26-21(24)16-17-23-22(25)27-19-20-14-11-10-12-15-20/h10-12,14-15H,2-9,13,16-19H2,1H3,(H,23,25). The van der Waals surface area contributed by atoms with Crippen LogP contribution >= 0.6 is 0 Å². The highest BCUT2D eigenvalue weighted by Crippen LogP contribution is 2.09. The summed E-state index contributed by atoms with van der Waals surface area (Å²) in [5.41, 5.74) is 0.924. The van der Waals surface area contributed by atoms with E-state index in [0.29, 0.717) is 6.61 Å². The predicted molar refractivity (Wildman–Crippen MR) is 107 cm³/mol. The maximum Gasteiger partial charge on any atom is 0.407 e. The number of carbonyl (C=O) groups is 2. The summed E-state index contributed by atoms with van der Waals surface area (Å²) in [6.07, 6.45) is 10.8. The Morgan fingerprint density at radius 3 is 2.15 bits per heavy atom. The summed E-state index contributed by atoms with van der Waals surface area (Å²) >= 11 is 0. The Hall–Kier alpha value is -2.04. The lowest BCUT2D eigenvalue weighted by atomic mass is 10.1. The van der Waals surface area contributed by atoms with Crippen LogP contribution in [0.15, 0.2) is 30.3 Å². The molecule has 0 bridgehead atoms. The van der Waals surface area contributed by atoms with Crippen molar-refractivity contribution in [2.75, 3.05) is 13.2 Å². The van der Waals surface area contributed by atoms with Crippen molar-refractivity contribution in [1.29, 1.82) is 0 Å². The zero-order valence-electron chi connectivity index (χ0n) is 16.7. The van der Waals surface area contributed by atoms with E-state index in [1.807, 2.05) is 30.3 Å². The van der Waals surface area contributed by atoms with Gasteiger partial charge in [-0.05, 0) is 12.0 Å². The van der Waals surface area contributed by atoms with Gasteiger partial charge in [-0.1, -0.05) is 88.6 Å². The van der Waals surface area contributed by atoms with Crippen LogP contribution in [0, 0.1) is 0 Å². The first kappa shape index (κ1) is 23.0. The molecule has 0 spiro atoms. The quantitative estimate of drug-likeness (QED) is 0.329. The van der Waals surface area contributed by atoms with Gasteiger partial charge in [-0.3, -0.25) is 4.79 Å². The van der Waals surface area contributed by atoms with Crippen LogP contribution in [0.2, 0.25) is 0 Å².